The van der Waals surface area contributed by atoms with Crippen molar-refractivity contribution in [1.82, 2.24) is 0 Å². The summed E-state index contributed by atoms with van der Waals surface area (Å²) in [5, 5.41) is 2.80. The molecule has 0 bridgehead atoms. The Kier molecular flexibility index (Phi) is 5.98. The molecule has 3 N–H and O–H groups in total. The minimum Gasteiger partial charge on any atom is -0.397 e. The third-order valence-corrected chi connectivity index (χ3v) is 6.31. The summed E-state index contributed by atoms with van der Waals surface area (Å²) in [5.41, 5.74) is 8.90. The maximum Gasteiger partial charge on any atom is 0.255 e. The third-order valence-electron chi connectivity index (χ3n) is 4.41. The number of rotatable bonds is 5. The van der Waals surface area contributed by atoms with Gasteiger partial charge in [0.05, 0.1) is 21.1 Å². The molecule has 0 aliphatic heterocycles. The van der Waals surface area contributed by atoms with Gasteiger partial charge in [0.25, 0.3) is 5.91 Å². The van der Waals surface area contributed by atoms with E-state index in [0.717, 1.165) is 11.1 Å². The minimum atomic E-state index is -2.46. The Labute approximate surface area is 170 Å². The van der Waals surface area contributed by atoms with E-state index in [1.54, 1.807) is 54.8 Å². The van der Waals surface area contributed by atoms with Crippen LogP contribution >= 0.6 is 0 Å². The van der Waals surface area contributed by atoms with Crippen molar-refractivity contribution >= 4 is 27.0 Å². The van der Waals surface area contributed by atoms with Crippen LogP contribution in [0.25, 0.3) is 11.1 Å². The van der Waals surface area contributed by atoms with Crippen LogP contribution in [0.1, 0.15) is 17.3 Å². The number of nitrogen functional groups attached to an aromatic ring is 1. The molecule has 1 amide bonds. The first-order valence-electron chi connectivity index (χ1n) is 9.05. The second kappa shape index (κ2) is 8.45. The molecule has 0 spiro atoms. The Morgan fingerprint density at radius 3 is 2.28 bits per heavy atom. The van der Waals surface area contributed by atoms with E-state index in [9.17, 15) is 13.4 Å². The van der Waals surface area contributed by atoms with Gasteiger partial charge in [-0.2, -0.15) is 0 Å². The highest BCUT2D eigenvalue weighted by Crippen LogP contribution is 2.28. The Bertz CT molecular complexity index is 1150. The molecule has 7 heteroatoms. The molecule has 0 radical (unpaired) electrons. The number of nitrogens with one attached hydrogen (secondary N) is 1. The molecule has 3 rings (SSSR count). The topological polar surface area (TPSA) is 84.5 Å². The molecule has 0 aliphatic rings. The van der Waals surface area contributed by atoms with Crippen LogP contribution < -0.4 is 11.1 Å². The molecule has 29 heavy (non-hydrogen) atoms. The largest absolute Gasteiger partial charge is 0.397 e. The fraction of sp³-hybridized carbons (Fsp3) is 0.136. The average Bonchev–Trinajstić information content (AvgIpc) is 2.70. The quantitative estimate of drug-likeness (QED) is 0.591. The van der Waals surface area contributed by atoms with E-state index in [4.69, 9.17) is 5.73 Å². The maximum absolute atomic E-state index is 13.1. The van der Waals surface area contributed by atoms with Crippen LogP contribution in [0.4, 0.5) is 15.8 Å². The summed E-state index contributed by atoms with van der Waals surface area (Å²) in [7, 11) is -2.46. The van der Waals surface area contributed by atoms with Crippen LogP contribution in [-0.4, -0.2) is 22.9 Å². The Morgan fingerprint density at radius 1 is 1.03 bits per heavy atom. The lowest BCUT2D eigenvalue weighted by Gasteiger charge is -2.11. The fourth-order valence-corrected chi connectivity index (χ4v) is 4.14. The van der Waals surface area contributed by atoms with Gasteiger partial charge in [-0.15, -0.1) is 0 Å². The zero-order valence-electron chi connectivity index (χ0n) is 16.2. The summed E-state index contributed by atoms with van der Waals surface area (Å²) in [5.74, 6) is -0.654. The van der Waals surface area contributed by atoms with E-state index < -0.39 is 9.73 Å². The summed E-state index contributed by atoms with van der Waals surface area (Å²) >= 11 is 0. The Morgan fingerprint density at radius 2 is 1.66 bits per heavy atom. The van der Waals surface area contributed by atoms with Gasteiger partial charge in [-0.05, 0) is 66.6 Å². The van der Waals surface area contributed by atoms with Crippen molar-refractivity contribution in [2.45, 2.75) is 11.8 Å². The van der Waals surface area contributed by atoms with Crippen LogP contribution in [0, 0.1) is 5.82 Å². The van der Waals surface area contributed by atoms with Crippen LogP contribution in [0.5, 0.6) is 0 Å². The number of halogens is 1. The highest BCUT2D eigenvalue weighted by Gasteiger charge is 2.12. The average molecular weight is 412 g/mol. The molecule has 1 unspecified atom stereocenters. The number of carbonyl (C=O) groups excluding carboxylic acids is 1. The molecule has 0 aliphatic carbocycles. The van der Waals surface area contributed by atoms with E-state index >= 15 is 0 Å². The number of anilines is 2. The van der Waals surface area contributed by atoms with Crippen molar-refractivity contribution in [2.24, 2.45) is 4.36 Å². The molecule has 3 aromatic carbocycles. The number of hydrogen-bond donors (Lipinski definition) is 2. The molecular weight excluding hydrogens is 389 g/mol. The summed E-state index contributed by atoms with van der Waals surface area (Å²) in [4.78, 5) is 13.2. The molecule has 3 aromatic rings. The Hall–Kier alpha value is -3.19. The molecule has 5 nitrogen and oxygen atoms in total. The lowest BCUT2D eigenvalue weighted by molar-refractivity contribution is 0.102. The van der Waals surface area contributed by atoms with E-state index in [-0.39, 0.29) is 11.7 Å². The summed E-state index contributed by atoms with van der Waals surface area (Å²) in [6, 6.07) is 17.8. The first-order valence-corrected chi connectivity index (χ1v) is 11.0. The summed E-state index contributed by atoms with van der Waals surface area (Å²) in [6.45, 7) is 2.29. The lowest BCUT2D eigenvalue weighted by Crippen LogP contribution is -2.13. The van der Waals surface area contributed by atoms with E-state index in [0.29, 0.717) is 28.4 Å². The standard InChI is InChI=1S/C22H22FN3O2S/c1-3-25-29(2,28)19-11-6-16(7-12-19)22(27)26-21-14-17(8-13-20(21)24)15-4-9-18(23)10-5-15/h4-14H,3,24H2,1-2H3,(H,26,27). The van der Waals surface area contributed by atoms with Crippen molar-refractivity contribution in [1.29, 1.82) is 0 Å². The molecule has 0 saturated carbocycles. The number of amides is 1. The zero-order chi connectivity index (χ0) is 21.0. The van der Waals surface area contributed by atoms with Gasteiger partial charge in [0, 0.05) is 23.3 Å². The van der Waals surface area contributed by atoms with Crippen molar-refractivity contribution < 1.29 is 13.4 Å². The normalized spacial score (nSPS) is 12.8. The second-order valence-electron chi connectivity index (χ2n) is 6.54. The van der Waals surface area contributed by atoms with Crippen LogP contribution in [0.3, 0.4) is 0 Å². The number of nitrogens with two attached hydrogens (primary N) is 1. The van der Waals surface area contributed by atoms with Gasteiger partial charge in [-0.3, -0.25) is 4.79 Å². The maximum atomic E-state index is 13.1. The molecule has 0 fully saturated rings. The van der Waals surface area contributed by atoms with Gasteiger partial charge in [0.1, 0.15) is 5.82 Å². The van der Waals surface area contributed by atoms with Gasteiger partial charge in [-0.25, -0.2) is 13.0 Å². The smallest absolute Gasteiger partial charge is 0.255 e. The molecule has 0 aromatic heterocycles. The number of nitrogens with zero attached hydrogens (tertiary/aromatic N) is 1. The Balaban J connectivity index is 1.83. The summed E-state index contributed by atoms with van der Waals surface area (Å²) < 4.78 is 29.8. The third kappa shape index (κ3) is 4.81. The predicted octanol–water partition coefficient (Wildman–Crippen LogP) is 4.80. The minimum absolute atomic E-state index is 0.316. The SMILES string of the molecule is CCN=S(C)(=O)c1ccc(C(=O)Nc2cc(-c3ccc(F)cc3)ccc2N)cc1. The monoisotopic (exact) mass is 411 g/mol. The van der Waals surface area contributed by atoms with Crippen LogP contribution in [0.2, 0.25) is 0 Å². The van der Waals surface area contributed by atoms with Crippen molar-refractivity contribution in [3.8, 4) is 11.1 Å². The molecule has 0 heterocycles. The van der Waals surface area contributed by atoms with Gasteiger partial charge in [-0.1, -0.05) is 18.2 Å². The molecule has 1 atom stereocenters. The first kappa shape index (κ1) is 20.5. The van der Waals surface area contributed by atoms with Crippen LogP contribution in [0.15, 0.2) is 76.0 Å². The number of hydrogen-bond acceptors (Lipinski definition) is 4. The molecular formula is C22H22FN3O2S. The fourth-order valence-electron chi connectivity index (χ4n) is 2.86. The first-order chi connectivity index (χ1) is 13.8. The van der Waals surface area contributed by atoms with E-state index in [1.807, 2.05) is 13.0 Å². The van der Waals surface area contributed by atoms with Crippen molar-refractivity contribution in [3.05, 3.63) is 78.1 Å². The number of carbonyl (C=O) groups is 1. The van der Waals surface area contributed by atoms with Crippen LogP contribution in [-0.2, 0) is 9.73 Å². The molecule has 0 saturated heterocycles. The lowest BCUT2D eigenvalue weighted by atomic mass is 10.0. The zero-order valence-corrected chi connectivity index (χ0v) is 17.0. The summed E-state index contributed by atoms with van der Waals surface area (Å²) in [6.07, 6.45) is 1.58. The van der Waals surface area contributed by atoms with Gasteiger partial charge >= 0.3 is 0 Å². The second-order valence-corrected chi connectivity index (χ2v) is 8.87. The van der Waals surface area contributed by atoms with Gasteiger partial charge in [0.15, 0.2) is 0 Å². The predicted molar refractivity (Wildman–Crippen MR) is 116 cm³/mol. The van der Waals surface area contributed by atoms with Crippen molar-refractivity contribution in [2.75, 3.05) is 23.9 Å². The van der Waals surface area contributed by atoms with E-state index in [1.165, 1.54) is 12.1 Å². The van der Waals surface area contributed by atoms with Crippen molar-refractivity contribution in [3.63, 3.8) is 0 Å². The molecule has 150 valence electrons. The number of benzene rings is 3. The highest BCUT2D eigenvalue weighted by molar-refractivity contribution is 7.93. The van der Waals surface area contributed by atoms with Gasteiger partial charge < -0.3 is 11.1 Å². The van der Waals surface area contributed by atoms with Gasteiger partial charge in [0.2, 0.25) is 0 Å². The highest BCUT2D eigenvalue weighted by atomic mass is 32.2. The van der Waals surface area contributed by atoms with E-state index in [2.05, 4.69) is 9.68 Å².